The first-order valence-electron chi connectivity index (χ1n) is 16.4. The van der Waals surface area contributed by atoms with Gasteiger partial charge in [-0.1, -0.05) is 30.9 Å². The van der Waals surface area contributed by atoms with Gasteiger partial charge in [-0.25, -0.2) is 9.59 Å². The van der Waals surface area contributed by atoms with Crippen LogP contribution in [0.25, 0.3) is 12.2 Å². The van der Waals surface area contributed by atoms with Crippen molar-refractivity contribution >= 4 is 30.1 Å². The average Bonchev–Trinajstić information content (AvgIpc) is 3.92. The van der Waals surface area contributed by atoms with Gasteiger partial charge >= 0.3 is 17.9 Å². The van der Waals surface area contributed by atoms with Crippen molar-refractivity contribution in [1.82, 2.24) is 0 Å². The molecule has 0 amide bonds. The van der Waals surface area contributed by atoms with Crippen molar-refractivity contribution in [3.05, 3.63) is 71.8 Å². The highest BCUT2D eigenvalue weighted by atomic mass is 16.5. The Bertz CT molecular complexity index is 1410. The molecule has 2 aromatic rings. The first kappa shape index (κ1) is 37.7. The number of esters is 3. The SMILES string of the molecule is C=C(C)C(=O)OCCCCCCOc1ccc(/C=C/CC(=O)OCCCOc2ccc(/C=C/C(=O)OCC3CC3)cc2OC)cc1OC. The second-order valence-corrected chi connectivity index (χ2v) is 11.4. The molecule has 0 N–H and O–H groups in total. The minimum atomic E-state index is -0.357. The maximum Gasteiger partial charge on any atom is 0.333 e. The van der Waals surface area contributed by atoms with Crippen molar-refractivity contribution < 1.29 is 47.5 Å². The van der Waals surface area contributed by atoms with E-state index >= 15 is 0 Å². The second kappa shape index (κ2) is 21.2. The van der Waals surface area contributed by atoms with Crippen LogP contribution in [0, 0.1) is 5.92 Å². The molecule has 1 aliphatic carbocycles. The molecular weight excluding hydrogens is 616 g/mol. The Morgan fingerprint density at radius 1 is 0.729 bits per heavy atom. The summed E-state index contributed by atoms with van der Waals surface area (Å²) in [7, 11) is 3.14. The normalized spacial score (nSPS) is 12.5. The number of unbranched alkanes of at least 4 members (excludes halogenated alkanes) is 3. The average molecular weight is 665 g/mol. The molecule has 48 heavy (non-hydrogen) atoms. The molecule has 260 valence electrons. The highest BCUT2D eigenvalue weighted by molar-refractivity contribution is 5.87. The minimum absolute atomic E-state index is 0.130. The molecule has 0 spiro atoms. The number of ether oxygens (including phenoxy) is 7. The lowest BCUT2D eigenvalue weighted by Crippen LogP contribution is -2.08. The summed E-state index contributed by atoms with van der Waals surface area (Å²) < 4.78 is 38.2. The molecule has 1 aliphatic rings. The summed E-state index contributed by atoms with van der Waals surface area (Å²) in [6.45, 7) is 7.19. The maximum absolute atomic E-state index is 12.2. The van der Waals surface area contributed by atoms with Gasteiger partial charge in [0.05, 0.1) is 53.7 Å². The maximum atomic E-state index is 12.2. The Morgan fingerprint density at radius 2 is 1.31 bits per heavy atom. The zero-order chi connectivity index (χ0) is 34.6. The van der Waals surface area contributed by atoms with E-state index in [9.17, 15) is 14.4 Å². The lowest BCUT2D eigenvalue weighted by Gasteiger charge is -2.11. The smallest absolute Gasteiger partial charge is 0.333 e. The molecule has 10 heteroatoms. The third-order valence-corrected chi connectivity index (χ3v) is 7.23. The zero-order valence-electron chi connectivity index (χ0n) is 28.3. The van der Waals surface area contributed by atoms with E-state index in [1.807, 2.05) is 30.3 Å². The van der Waals surface area contributed by atoms with Crippen molar-refractivity contribution in [2.75, 3.05) is 47.3 Å². The molecule has 0 radical (unpaired) electrons. The number of carbonyl (C=O) groups is 3. The number of hydrogen-bond acceptors (Lipinski definition) is 10. The molecule has 0 heterocycles. The van der Waals surface area contributed by atoms with E-state index in [2.05, 4.69) is 6.58 Å². The Hall–Kier alpha value is -4.73. The predicted molar refractivity (Wildman–Crippen MR) is 183 cm³/mol. The van der Waals surface area contributed by atoms with E-state index in [-0.39, 0.29) is 30.9 Å². The van der Waals surface area contributed by atoms with Gasteiger partial charge in [0, 0.05) is 18.1 Å². The van der Waals surface area contributed by atoms with Crippen molar-refractivity contribution in [3.63, 3.8) is 0 Å². The lowest BCUT2D eigenvalue weighted by atomic mass is 10.1. The van der Waals surface area contributed by atoms with Crippen LogP contribution in [0.5, 0.6) is 23.0 Å². The Morgan fingerprint density at radius 3 is 1.92 bits per heavy atom. The molecule has 0 unspecified atom stereocenters. The van der Waals surface area contributed by atoms with E-state index in [4.69, 9.17) is 33.2 Å². The van der Waals surface area contributed by atoms with Gasteiger partial charge in [0.2, 0.25) is 0 Å². The fourth-order valence-electron chi connectivity index (χ4n) is 4.32. The fourth-order valence-corrected chi connectivity index (χ4v) is 4.32. The number of hydrogen-bond donors (Lipinski definition) is 0. The predicted octanol–water partition coefficient (Wildman–Crippen LogP) is 7.14. The molecule has 1 fully saturated rings. The van der Waals surface area contributed by atoms with Crippen LogP contribution in [0.4, 0.5) is 0 Å². The van der Waals surface area contributed by atoms with Gasteiger partial charge in [-0.05, 0) is 92.8 Å². The summed E-state index contributed by atoms with van der Waals surface area (Å²) in [6, 6.07) is 11.0. The molecule has 0 bridgehead atoms. The van der Waals surface area contributed by atoms with Gasteiger partial charge in [-0.2, -0.15) is 0 Å². The highest BCUT2D eigenvalue weighted by Gasteiger charge is 2.22. The first-order chi connectivity index (χ1) is 23.3. The number of rotatable bonds is 23. The van der Waals surface area contributed by atoms with E-state index in [1.165, 1.54) is 6.08 Å². The van der Waals surface area contributed by atoms with E-state index in [0.717, 1.165) is 49.7 Å². The van der Waals surface area contributed by atoms with Gasteiger partial charge < -0.3 is 33.2 Å². The second-order valence-electron chi connectivity index (χ2n) is 11.4. The van der Waals surface area contributed by atoms with Crippen LogP contribution >= 0.6 is 0 Å². The summed E-state index contributed by atoms with van der Waals surface area (Å²) in [4.78, 5) is 35.4. The molecule has 10 nitrogen and oxygen atoms in total. The van der Waals surface area contributed by atoms with Gasteiger partial charge in [0.25, 0.3) is 0 Å². The molecule has 3 rings (SSSR count). The molecule has 1 saturated carbocycles. The number of carbonyl (C=O) groups excluding carboxylic acids is 3. The van der Waals surface area contributed by atoms with Crippen molar-refractivity contribution in [2.45, 2.75) is 58.3 Å². The molecule has 0 saturated heterocycles. The Balaban J connectivity index is 1.29. The highest BCUT2D eigenvalue weighted by Crippen LogP contribution is 2.30. The van der Waals surface area contributed by atoms with Crippen molar-refractivity contribution in [1.29, 1.82) is 0 Å². The molecule has 0 aliphatic heterocycles. The van der Waals surface area contributed by atoms with Crippen LogP contribution in [-0.4, -0.2) is 65.2 Å². The topological polar surface area (TPSA) is 116 Å². The van der Waals surface area contributed by atoms with Gasteiger partial charge in [-0.15, -0.1) is 0 Å². The summed E-state index contributed by atoms with van der Waals surface area (Å²) in [5.41, 5.74) is 2.06. The number of benzene rings is 2. The standard InChI is InChI=1S/C38H48O10/c1-28(2)38(41)47-22-8-6-5-7-21-44-32-18-15-29(25-34(32)42-3)11-9-12-36(39)46-24-10-23-45-33-19-16-30(26-35(33)43-4)17-20-37(40)48-27-31-13-14-31/h9,11,15-20,25-26,31H,1,5-8,10,12-14,21-24,27H2,2-4H3/b11-9+,20-17+. The first-order valence-corrected chi connectivity index (χ1v) is 16.4. The Labute approximate surface area is 283 Å². The summed E-state index contributed by atoms with van der Waals surface area (Å²) in [5, 5.41) is 0. The zero-order valence-corrected chi connectivity index (χ0v) is 28.3. The van der Waals surface area contributed by atoms with E-state index in [0.29, 0.717) is 67.3 Å². The van der Waals surface area contributed by atoms with Crippen LogP contribution in [0.15, 0.2) is 60.7 Å². The van der Waals surface area contributed by atoms with Gasteiger partial charge in [0.1, 0.15) is 0 Å². The molecule has 0 atom stereocenters. The van der Waals surface area contributed by atoms with Gasteiger partial charge in [-0.3, -0.25) is 4.79 Å². The van der Waals surface area contributed by atoms with Crippen molar-refractivity contribution in [3.8, 4) is 23.0 Å². The molecule has 2 aromatic carbocycles. The summed E-state index contributed by atoms with van der Waals surface area (Å²) in [6.07, 6.45) is 13.1. The van der Waals surface area contributed by atoms with Crippen LogP contribution in [0.2, 0.25) is 0 Å². The quantitative estimate of drug-likeness (QED) is 0.0525. The lowest BCUT2D eigenvalue weighted by molar-refractivity contribution is -0.143. The third-order valence-electron chi connectivity index (χ3n) is 7.23. The minimum Gasteiger partial charge on any atom is -0.493 e. The third kappa shape index (κ3) is 14.8. The largest absolute Gasteiger partial charge is 0.493 e. The molecular formula is C38H48O10. The molecule has 0 aromatic heterocycles. The van der Waals surface area contributed by atoms with Crippen LogP contribution in [-0.2, 0) is 28.6 Å². The summed E-state index contributed by atoms with van der Waals surface area (Å²) in [5.74, 6) is 1.83. The monoisotopic (exact) mass is 664 g/mol. The van der Waals surface area contributed by atoms with Gasteiger partial charge in [0.15, 0.2) is 23.0 Å². The van der Waals surface area contributed by atoms with Crippen LogP contribution in [0.1, 0.15) is 69.4 Å². The van der Waals surface area contributed by atoms with Crippen LogP contribution in [0.3, 0.4) is 0 Å². The number of methoxy groups -OCH3 is 2. The van der Waals surface area contributed by atoms with E-state index < -0.39 is 0 Å². The van der Waals surface area contributed by atoms with Crippen molar-refractivity contribution in [2.24, 2.45) is 5.92 Å². The van der Waals surface area contributed by atoms with E-state index in [1.54, 1.807) is 45.4 Å². The Kier molecular flexibility index (Phi) is 16.7. The summed E-state index contributed by atoms with van der Waals surface area (Å²) >= 11 is 0. The fraction of sp³-hybridized carbons (Fsp3) is 0.447. The van der Waals surface area contributed by atoms with Crippen LogP contribution < -0.4 is 18.9 Å².